The van der Waals surface area contributed by atoms with Gasteiger partial charge in [-0.1, -0.05) is 85.8 Å². The van der Waals surface area contributed by atoms with Gasteiger partial charge in [-0.15, -0.1) is 0 Å². The highest BCUT2D eigenvalue weighted by atomic mass is 31.1. The largest absolute Gasteiger partial charge is 0.469 e. The fourth-order valence-corrected chi connectivity index (χ4v) is 6.36. The third kappa shape index (κ3) is 5.10. The number of hydrogen-bond acceptors (Lipinski definition) is 2. The quantitative estimate of drug-likeness (QED) is 0.297. The Hall–Kier alpha value is -2.91. The molecule has 0 aliphatic carbocycles. The second-order valence-electron chi connectivity index (χ2n) is 8.66. The van der Waals surface area contributed by atoms with Gasteiger partial charge in [-0.05, 0) is 56.2 Å². The molecule has 1 aliphatic rings. The Balaban J connectivity index is 1.93. The topological polar surface area (TPSA) is 21.6 Å². The van der Waals surface area contributed by atoms with E-state index >= 15 is 0 Å². The van der Waals surface area contributed by atoms with Crippen molar-refractivity contribution >= 4 is 29.7 Å². The van der Waals surface area contributed by atoms with Crippen LogP contribution in [0, 0.1) is 0 Å². The van der Waals surface area contributed by atoms with E-state index < -0.39 is 25.3 Å². The molecule has 1 aliphatic heterocycles. The van der Waals surface area contributed by atoms with Crippen molar-refractivity contribution in [2.24, 2.45) is 4.99 Å². The maximum absolute atomic E-state index is 13.7. The first-order valence-corrected chi connectivity index (χ1v) is 12.6. The lowest BCUT2D eigenvalue weighted by Crippen LogP contribution is -2.33. The first-order valence-electron chi connectivity index (χ1n) is 11.3. The van der Waals surface area contributed by atoms with Crippen LogP contribution >= 0.6 is 7.92 Å². The molecule has 0 spiro atoms. The van der Waals surface area contributed by atoms with Crippen LogP contribution in [-0.4, -0.2) is 17.5 Å². The summed E-state index contributed by atoms with van der Waals surface area (Å²) in [5, 5.41) is 2.88. The number of allylic oxidation sites excluding steroid dienone is 1. The zero-order chi connectivity index (χ0) is 24.3. The molecule has 0 radical (unpaired) electrons. The summed E-state index contributed by atoms with van der Waals surface area (Å²) in [6, 6.07) is 23.5. The monoisotopic (exact) mass is 481 g/mol. The average Bonchev–Trinajstić information content (AvgIpc) is 3.12. The van der Waals surface area contributed by atoms with Crippen molar-refractivity contribution in [1.82, 2.24) is 0 Å². The smallest absolute Gasteiger partial charge is 0.416 e. The minimum atomic E-state index is -4.47. The van der Waals surface area contributed by atoms with Gasteiger partial charge >= 0.3 is 6.18 Å². The number of alkyl halides is 3. The van der Waals surface area contributed by atoms with Crippen LogP contribution in [0.5, 0.6) is 0 Å². The van der Waals surface area contributed by atoms with Crippen molar-refractivity contribution in [3.05, 3.63) is 102 Å². The molecule has 0 saturated carbocycles. The number of hydrogen-bond donors (Lipinski definition) is 0. The van der Waals surface area contributed by atoms with Crippen LogP contribution in [-0.2, 0) is 10.9 Å². The Morgan fingerprint density at radius 3 is 2.06 bits per heavy atom. The maximum atomic E-state index is 13.7. The first-order chi connectivity index (χ1) is 16.2. The van der Waals surface area contributed by atoms with Crippen LogP contribution in [0.25, 0.3) is 0 Å². The van der Waals surface area contributed by atoms with E-state index in [9.17, 15) is 13.2 Å². The van der Waals surface area contributed by atoms with Crippen LogP contribution in [0.1, 0.15) is 38.3 Å². The van der Waals surface area contributed by atoms with Crippen molar-refractivity contribution in [2.45, 2.75) is 45.0 Å². The predicted octanol–water partition coefficient (Wildman–Crippen LogP) is 6.35. The van der Waals surface area contributed by atoms with Crippen molar-refractivity contribution in [3.8, 4) is 0 Å². The molecule has 3 aromatic rings. The van der Waals surface area contributed by atoms with Gasteiger partial charge in [-0.3, -0.25) is 0 Å². The van der Waals surface area contributed by atoms with E-state index in [1.54, 1.807) is 6.07 Å². The summed E-state index contributed by atoms with van der Waals surface area (Å²) in [5.41, 5.74) is -0.970. The summed E-state index contributed by atoms with van der Waals surface area (Å²) in [6.07, 6.45) is 0.360. The number of aliphatic imine (C=N–C) groups is 1. The molecule has 0 aromatic heterocycles. The third-order valence-corrected chi connectivity index (χ3v) is 8.21. The highest BCUT2D eigenvalue weighted by molar-refractivity contribution is 7.80. The van der Waals surface area contributed by atoms with Gasteiger partial charge in [0.2, 0.25) is 5.90 Å². The zero-order valence-electron chi connectivity index (χ0n) is 19.4. The summed E-state index contributed by atoms with van der Waals surface area (Å²) in [5.74, 6) is 0.260. The predicted molar refractivity (Wildman–Crippen MR) is 135 cm³/mol. The molecule has 3 aromatic carbocycles. The number of nitrogens with zero attached hydrogens (tertiary/aromatic N) is 1. The number of ether oxygens (including phenoxy) is 1. The van der Waals surface area contributed by atoms with Crippen molar-refractivity contribution in [3.63, 3.8) is 0 Å². The Kier molecular flexibility index (Phi) is 6.95. The molecule has 2 nitrogen and oxygen atoms in total. The molecule has 0 amide bonds. The molecule has 6 heteroatoms. The Bertz CT molecular complexity index is 1150. The van der Waals surface area contributed by atoms with E-state index in [1.807, 2.05) is 93.6 Å². The van der Waals surface area contributed by atoms with Crippen LogP contribution in [0.15, 0.2) is 96.0 Å². The van der Waals surface area contributed by atoms with E-state index in [4.69, 9.17) is 9.73 Å². The summed E-state index contributed by atoms with van der Waals surface area (Å²) in [4.78, 5) is 4.75. The van der Waals surface area contributed by atoms with Gasteiger partial charge < -0.3 is 4.74 Å². The summed E-state index contributed by atoms with van der Waals surface area (Å²) < 4.78 is 47.4. The molecule has 1 heterocycles. The van der Waals surface area contributed by atoms with Gasteiger partial charge in [-0.2, -0.15) is 13.2 Å². The highest BCUT2D eigenvalue weighted by Gasteiger charge is 2.40. The van der Waals surface area contributed by atoms with Gasteiger partial charge in [0.25, 0.3) is 0 Å². The minimum absolute atomic E-state index is 0.260. The molecule has 1 atom stereocenters. The molecular weight excluding hydrogens is 454 g/mol. The molecular formula is C28H27F3NOP. The molecule has 0 saturated heterocycles. The lowest BCUT2D eigenvalue weighted by Gasteiger charge is -2.25. The maximum Gasteiger partial charge on any atom is 0.416 e. The molecule has 176 valence electrons. The third-order valence-electron chi connectivity index (χ3n) is 5.71. The second kappa shape index (κ2) is 9.76. The number of benzene rings is 3. The zero-order valence-corrected chi connectivity index (χ0v) is 20.3. The van der Waals surface area contributed by atoms with E-state index in [1.165, 1.54) is 6.07 Å². The molecule has 4 rings (SSSR count). The number of halogens is 3. The van der Waals surface area contributed by atoms with Crippen molar-refractivity contribution in [1.29, 1.82) is 0 Å². The Morgan fingerprint density at radius 1 is 0.941 bits per heavy atom. The Morgan fingerprint density at radius 2 is 1.53 bits per heavy atom. The fraction of sp³-hybridized carbons (Fsp3) is 0.250. The summed E-state index contributed by atoms with van der Waals surface area (Å²) >= 11 is 0. The first kappa shape index (κ1) is 24.2. The Labute approximate surface area is 200 Å². The van der Waals surface area contributed by atoms with Gasteiger partial charge in [0.1, 0.15) is 11.6 Å². The van der Waals surface area contributed by atoms with Gasteiger partial charge in [-0.25, -0.2) is 4.99 Å². The lowest BCUT2D eigenvalue weighted by atomic mass is 9.99. The van der Waals surface area contributed by atoms with Gasteiger partial charge in [0.15, 0.2) is 0 Å². The van der Waals surface area contributed by atoms with Crippen molar-refractivity contribution in [2.75, 3.05) is 0 Å². The van der Waals surface area contributed by atoms with E-state index in [0.29, 0.717) is 5.56 Å². The molecule has 0 N–H and O–H groups in total. The van der Waals surface area contributed by atoms with Crippen LogP contribution < -0.4 is 15.9 Å². The fourth-order valence-electron chi connectivity index (χ4n) is 3.94. The molecule has 0 fully saturated rings. The van der Waals surface area contributed by atoms with E-state index in [0.717, 1.165) is 28.4 Å². The van der Waals surface area contributed by atoms with Gasteiger partial charge in [0, 0.05) is 5.56 Å². The molecule has 0 bridgehead atoms. The van der Waals surface area contributed by atoms with Crippen LogP contribution in [0.4, 0.5) is 13.2 Å². The standard InChI is InChI=1S/C28H27F3NOP/c1-4-5-16-25-27(2,3)33-26(32-25)23-19-20(28(29,30)31)17-18-24(23)34(21-12-8-6-9-13-21)22-14-10-7-11-15-22/h5-19,25H,4H2,1-3H3/b16-5-/t25-/m0/s1. The van der Waals surface area contributed by atoms with E-state index in [2.05, 4.69) is 0 Å². The van der Waals surface area contributed by atoms with E-state index in [-0.39, 0.29) is 11.9 Å². The van der Waals surface area contributed by atoms with Crippen molar-refractivity contribution < 1.29 is 17.9 Å². The highest BCUT2D eigenvalue weighted by Crippen LogP contribution is 2.39. The molecule has 34 heavy (non-hydrogen) atoms. The number of rotatable bonds is 6. The minimum Gasteiger partial charge on any atom is -0.469 e. The SMILES string of the molecule is CC/C=C\[C@@H]1N=C(c2cc(C(F)(F)F)ccc2P(c2ccccc2)c2ccccc2)OC1(C)C. The van der Waals surface area contributed by atoms with Crippen LogP contribution in [0.3, 0.4) is 0 Å². The average molecular weight is 481 g/mol. The van der Waals surface area contributed by atoms with Gasteiger partial charge in [0.05, 0.1) is 5.56 Å². The lowest BCUT2D eigenvalue weighted by molar-refractivity contribution is -0.137. The summed E-state index contributed by atoms with van der Waals surface area (Å²) in [6.45, 7) is 5.86. The summed E-state index contributed by atoms with van der Waals surface area (Å²) in [7, 11) is -1.13. The van der Waals surface area contributed by atoms with Crippen LogP contribution in [0.2, 0.25) is 0 Å². The second-order valence-corrected chi connectivity index (χ2v) is 10.8. The normalized spacial score (nSPS) is 17.7. The molecule has 0 unspecified atom stereocenters.